The Hall–Kier alpha value is -2.45. The third-order valence-corrected chi connectivity index (χ3v) is 6.75. The van der Waals surface area contributed by atoms with Crippen molar-refractivity contribution in [3.05, 3.63) is 51.8 Å². The highest BCUT2D eigenvalue weighted by molar-refractivity contribution is 7.89. The molecule has 0 aliphatic carbocycles. The van der Waals surface area contributed by atoms with E-state index >= 15 is 0 Å². The van der Waals surface area contributed by atoms with Crippen LogP contribution < -0.4 is 10.1 Å². The van der Waals surface area contributed by atoms with Gasteiger partial charge >= 0.3 is 0 Å². The van der Waals surface area contributed by atoms with Gasteiger partial charge in [-0.3, -0.25) is 9.78 Å². The molecule has 7 nitrogen and oxygen atoms in total. The zero-order chi connectivity index (χ0) is 21.2. The number of aromatic nitrogens is 1. The molecule has 8 heteroatoms. The predicted molar refractivity (Wildman–Crippen MR) is 108 cm³/mol. The smallest absolute Gasteiger partial charge is 0.251 e. The van der Waals surface area contributed by atoms with Crippen LogP contribution in [0.5, 0.6) is 5.75 Å². The Kier molecular flexibility index (Phi) is 6.46. The van der Waals surface area contributed by atoms with Gasteiger partial charge in [-0.15, -0.1) is 0 Å². The minimum Gasteiger partial charge on any atom is -0.496 e. The van der Waals surface area contributed by atoms with E-state index in [9.17, 15) is 13.2 Å². The number of carbonyl (C=O) groups excluding carboxylic acids is 1. The van der Waals surface area contributed by atoms with Gasteiger partial charge in [-0.1, -0.05) is 0 Å². The van der Waals surface area contributed by atoms with Crippen molar-refractivity contribution < 1.29 is 17.9 Å². The van der Waals surface area contributed by atoms with Crippen molar-refractivity contribution in [2.75, 3.05) is 21.2 Å². The number of nitrogens with one attached hydrogen (secondary N) is 1. The Morgan fingerprint density at radius 3 is 2.32 bits per heavy atom. The summed E-state index contributed by atoms with van der Waals surface area (Å²) in [6.45, 7) is 7.53. The number of aryl methyl sites for hydroxylation is 2. The highest BCUT2D eigenvalue weighted by Gasteiger charge is 2.23. The largest absolute Gasteiger partial charge is 0.496 e. The molecule has 0 unspecified atom stereocenters. The van der Waals surface area contributed by atoms with Gasteiger partial charge in [-0.2, -0.15) is 0 Å². The van der Waals surface area contributed by atoms with Gasteiger partial charge in [0.25, 0.3) is 5.91 Å². The van der Waals surface area contributed by atoms with Crippen LogP contribution >= 0.6 is 0 Å². The Balaban J connectivity index is 2.33. The standard InChI is InChI=1S/C20H27N3O4S/c1-12-8-16(9-18(14(12)3)28(25,26)23(5)6)20(24)22-11-17-15(4)19(27-7)13(2)10-21-17/h8-10H,11H2,1-7H3,(H,22,24). The first kappa shape index (κ1) is 21.8. The van der Waals surface area contributed by atoms with Gasteiger partial charge in [-0.05, 0) is 51.0 Å². The van der Waals surface area contributed by atoms with Crippen LogP contribution in [0.25, 0.3) is 0 Å². The molecule has 28 heavy (non-hydrogen) atoms. The van der Waals surface area contributed by atoms with Gasteiger partial charge in [0.15, 0.2) is 0 Å². The summed E-state index contributed by atoms with van der Waals surface area (Å²) in [7, 11) is 0.884. The SMILES string of the molecule is COc1c(C)cnc(CNC(=O)c2cc(C)c(C)c(S(=O)(=O)N(C)C)c2)c1C. The summed E-state index contributed by atoms with van der Waals surface area (Å²) in [5, 5.41) is 2.82. The number of sulfonamides is 1. The third-order valence-electron chi connectivity index (χ3n) is 4.81. The molecule has 1 amide bonds. The lowest BCUT2D eigenvalue weighted by Crippen LogP contribution is -2.26. The van der Waals surface area contributed by atoms with E-state index in [1.807, 2.05) is 13.8 Å². The van der Waals surface area contributed by atoms with E-state index in [4.69, 9.17) is 4.74 Å². The van der Waals surface area contributed by atoms with E-state index in [0.717, 1.165) is 26.7 Å². The third kappa shape index (κ3) is 4.18. The van der Waals surface area contributed by atoms with Gasteiger partial charge < -0.3 is 10.1 Å². The lowest BCUT2D eigenvalue weighted by molar-refractivity contribution is 0.0950. The molecule has 0 aliphatic heterocycles. The fourth-order valence-electron chi connectivity index (χ4n) is 2.94. The lowest BCUT2D eigenvalue weighted by atomic mass is 10.1. The number of methoxy groups -OCH3 is 1. The molecule has 1 N–H and O–H groups in total. The topological polar surface area (TPSA) is 88.6 Å². The molecule has 0 bridgehead atoms. The highest BCUT2D eigenvalue weighted by atomic mass is 32.2. The maximum Gasteiger partial charge on any atom is 0.251 e. The first-order valence-corrected chi connectivity index (χ1v) is 10.3. The van der Waals surface area contributed by atoms with E-state index in [-0.39, 0.29) is 17.3 Å². The van der Waals surface area contributed by atoms with Gasteiger partial charge in [-0.25, -0.2) is 12.7 Å². The summed E-state index contributed by atoms with van der Waals surface area (Å²) in [6.07, 6.45) is 1.70. The quantitative estimate of drug-likeness (QED) is 0.798. The fourth-order valence-corrected chi connectivity index (χ4v) is 4.16. The van der Waals surface area contributed by atoms with Crippen LogP contribution in [0.4, 0.5) is 0 Å². The Morgan fingerprint density at radius 2 is 1.75 bits per heavy atom. The summed E-state index contributed by atoms with van der Waals surface area (Å²) in [5.74, 6) is 0.379. The maximum atomic E-state index is 12.7. The first-order chi connectivity index (χ1) is 13.0. The van der Waals surface area contributed by atoms with Crippen molar-refractivity contribution in [3.8, 4) is 5.75 Å². The molecule has 0 aliphatic rings. The molecule has 1 aromatic carbocycles. The zero-order valence-corrected chi connectivity index (χ0v) is 18.2. The molecular formula is C20H27N3O4S. The summed E-state index contributed by atoms with van der Waals surface area (Å²) < 4.78 is 31.7. The predicted octanol–water partition coefficient (Wildman–Crippen LogP) is 2.50. The molecule has 0 saturated heterocycles. The number of nitrogens with zero attached hydrogens (tertiary/aromatic N) is 2. The van der Waals surface area contributed by atoms with Crippen LogP contribution in [0.3, 0.4) is 0 Å². The van der Waals surface area contributed by atoms with Crippen molar-refractivity contribution in [1.82, 2.24) is 14.6 Å². The van der Waals surface area contributed by atoms with Crippen molar-refractivity contribution in [1.29, 1.82) is 0 Å². The van der Waals surface area contributed by atoms with E-state index in [1.165, 1.54) is 20.2 Å². The second-order valence-corrected chi connectivity index (χ2v) is 9.05. The highest BCUT2D eigenvalue weighted by Crippen LogP contribution is 2.25. The number of hydrogen-bond donors (Lipinski definition) is 1. The number of pyridine rings is 1. The molecule has 2 rings (SSSR count). The van der Waals surface area contributed by atoms with Crippen LogP contribution in [0.2, 0.25) is 0 Å². The number of benzene rings is 1. The zero-order valence-electron chi connectivity index (χ0n) is 17.4. The van der Waals surface area contributed by atoms with Gasteiger partial charge in [0, 0.05) is 37.0 Å². The van der Waals surface area contributed by atoms with E-state index in [0.29, 0.717) is 16.8 Å². The average molecular weight is 406 g/mol. The summed E-state index contributed by atoms with van der Waals surface area (Å²) in [6, 6.07) is 3.11. The van der Waals surface area contributed by atoms with Crippen molar-refractivity contribution in [2.45, 2.75) is 39.1 Å². The number of hydrogen-bond acceptors (Lipinski definition) is 5. The monoisotopic (exact) mass is 405 g/mol. The molecular weight excluding hydrogens is 378 g/mol. The van der Waals surface area contributed by atoms with Crippen LogP contribution in [-0.4, -0.2) is 44.8 Å². The number of amides is 1. The molecule has 0 radical (unpaired) electrons. The Labute approximate surface area is 166 Å². The molecule has 0 atom stereocenters. The minimum atomic E-state index is -3.65. The van der Waals surface area contributed by atoms with Crippen molar-refractivity contribution in [3.63, 3.8) is 0 Å². The second kappa shape index (κ2) is 8.28. The Bertz CT molecular complexity index is 1010. The van der Waals surface area contributed by atoms with Crippen LogP contribution in [0.15, 0.2) is 23.2 Å². The molecule has 0 fully saturated rings. The Morgan fingerprint density at radius 1 is 1.11 bits per heavy atom. The van der Waals surface area contributed by atoms with Crippen LogP contribution in [0, 0.1) is 27.7 Å². The second-order valence-electron chi connectivity index (χ2n) is 6.93. The van der Waals surface area contributed by atoms with E-state index < -0.39 is 10.0 Å². The summed E-state index contributed by atoms with van der Waals surface area (Å²) in [4.78, 5) is 17.2. The van der Waals surface area contributed by atoms with Gasteiger partial charge in [0.05, 0.1) is 24.2 Å². The van der Waals surface area contributed by atoms with E-state index in [2.05, 4.69) is 10.3 Å². The summed E-state index contributed by atoms with van der Waals surface area (Å²) >= 11 is 0. The lowest BCUT2D eigenvalue weighted by Gasteiger charge is -2.17. The average Bonchev–Trinajstić information content (AvgIpc) is 2.63. The van der Waals surface area contributed by atoms with Crippen LogP contribution in [0.1, 0.15) is 38.3 Å². The molecule has 0 spiro atoms. The number of carbonyl (C=O) groups is 1. The molecule has 2 aromatic rings. The molecule has 0 saturated carbocycles. The van der Waals surface area contributed by atoms with E-state index in [1.54, 1.807) is 33.2 Å². The molecule has 152 valence electrons. The normalized spacial score (nSPS) is 11.6. The van der Waals surface area contributed by atoms with Crippen molar-refractivity contribution >= 4 is 15.9 Å². The number of rotatable bonds is 6. The van der Waals surface area contributed by atoms with Crippen LogP contribution in [-0.2, 0) is 16.6 Å². The number of ether oxygens (including phenoxy) is 1. The first-order valence-electron chi connectivity index (χ1n) is 8.81. The maximum absolute atomic E-state index is 12.7. The van der Waals surface area contributed by atoms with Gasteiger partial charge in [0.1, 0.15) is 5.75 Å². The fraction of sp³-hybridized carbons (Fsp3) is 0.400. The van der Waals surface area contributed by atoms with Gasteiger partial charge in [0.2, 0.25) is 10.0 Å². The molecule has 1 aromatic heterocycles. The molecule has 1 heterocycles. The summed E-state index contributed by atoms with van der Waals surface area (Å²) in [5.41, 5.74) is 4.13. The van der Waals surface area contributed by atoms with Crippen molar-refractivity contribution in [2.24, 2.45) is 0 Å². The minimum absolute atomic E-state index is 0.133.